The van der Waals surface area contributed by atoms with Crippen molar-refractivity contribution in [3.8, 4) is 17.6 Å². The van der Waals surface area contributed by atoms with Crippen molar-refractivity contribution in [3.63, 3.8) is 0 Å². The fraction of sp³-hybridized carbons (Fsp3) is 0.417. The maximum atomic E-state index is 13.4. The van der Waals surface area contributed by atoms with Crippen LogP contribution in [0, 0.1) is 23.6 Å². The first-order valence-corrected chi connectivity index (χ1v) is 11.9. The monoisotopic (exact) mass is 460 g/mol. The molecular weight excluding hydrogens is 431 g/mol. The molecule has 2 aromatic rings. The second-order valence-corrected chi connectivity index (χ2v) is 10.3. The minimum atomic E-state index is -3.88. The van der Waals surface area contributed by atoms with Crippen molar-refractivity contribution in [1.29, 1.82) is 0 Å². The molecule has 0 aromatic heterocycles. The van der Waals surface area contributed by atoms with Gasteiger partial charge < -0.3 is 14.7 Å². The quantitative estimate of drug-likeness (QED) is 0.711. The molecule has 2 aromatic carbocycles. The van der Waals surface area contributed by atoms with Gasteiger partial charge in [-0.1, -0.05) is 18.8 Å². The second kappa shape index (κ2) is 10.0. The van der Waals surface area contributed by atoms with E-state index in [1.807, 2.05) is 25.9 Å². The highest BCUT2D eigenvalue weighted by atomic mass is 32.2. The van der Waals surface area contributed by atoms with E-state index in [2.05, 4.69) is 11.8 Å². The molecule has 3 atom stereocenters. The van der Waals surface area contributed by atoms with Crippen molar-refractivity contribution in [2.75, 3.05) is 33.8 Å². The van der Waals surface area contributed by atoms with E-state index in [4.69, 9.17) is 4.74 Å². The molecule has 0 fully saturated rings. The van der Waals surface area contributed by atoms with Gasteiger partial charge >= 0.3 is 0 Å². The van der Waals surface area contributed by atoms with Crippen LogP contribution < -0.4 is 4.74 Å². The first kappa shape index (κ1) is 24.2. The van der Waals surface area contributed by atoms with Gasteiger partial charge in [0.2, 0.25) is 10.0 Å². The van der Waals surface area contributed by atoms with Gasteiger partial charge in [-0.15, -0.1) is 0 Å². The third-order valence-electron chi connectivity index (χ3n) is 5.41. The van der Waals surface area contributed by atoms with Crippen molar-refractivity contribution in [1.82, 2.24) is 9.21 Å². The topological polar surface area (TPSA) is 70.1 Å². The van der Waals surface area contributed by atoms with Crippen LogP contribution in [0.15, 0.2) is 47.4 Å². The molecule has 0 spiro atoms. The van der Waals surface area contributed by atoms with Gasteiger partial charge in [-0.25, -0.2) is 12.8 Å². The Bertz CT molecular complexity index is 1110. The average Bonchev–Trinajstić information content (AvgIpc) is 2.75. The van der Waals surface area contributed by atoms with Crippen LogP contribution in [0.3, 0.4) is 0 Å². The van der Waals surface area contributed by atoms with Crippen LogP contribution >= 0.6 is 0 Å². The number of hydrogen-bond acceptors (Lipinski definition) is 5. The van der Waals surface area contributed by atoms with Crippen LogP contribution in [-0.4, -0.2) is 68.7 Å². The standard InChI is InChI=1S/C24H29FN2O4S/c1-17-14-27(18(2)16-28)32(29,30)24-12-9-20(6-5-19-7-10-21(25)11-8-19)13-22(24)31-23(17)15-26(3)4/h7-13,17-18,23,28H,14-16H2,1-4H3/t17-,18+,23+/m1/s1. The first-order valence-electron chi connectivity index (χ1n) is 10.5. The largest absolute Gasteiger partial charge is 0.487 e. The minimum absolute atomic E-state index is 0.0563. The molecule has 0 amide bonds. The first-order chi connectivity index (χ1) is 15.1. The lowest BCUT2D eigenvalue weighted by Crippen LogP contribution is -2.49. The molecule has 1 aliphatic rings. The predicted molar refractivity (Wildman–Crippen MR) is 121 cm³/mol. The molecule has 0 saturated heterocycles. The zero-order valence-corrected chi connectivity index (χ0v) is 19.6. The molecule has 0 radical (unpaired) electrons. The van der Waals surface area contributed by atoms with E-state index in [0.29, 0.717) is 17.7 Å². The molecule has 172 valence electrons. The Morgan fingerprint density at radius 3 is 2.44 bits per heavy atom. The van der Waals surface area contributed by atoms with Gasteiger partial charge in [0.1, 0.15) is 22.6 Å². The van der Waals surface area contributed by atoms with Crippen molar-refractivity contribution in [3.05, 3.63) is 59.4 Å². The van der Waals surface area contributed by atoms with E-state index in [9.17, 15) is 17.9 Å². The second-order valence-electron chi connectivity index (χ2n) is 8.42. The van der Waals surface area contributed by atoms with E-state index < -0.39 is 16.1 Å². The Morgan fingerprint density at radius 1 is 1.19 bits per heavy atom. The van der Waals surface area contributed by atoms with Gasteiger partial charge in [0.25, 0.3) is 0 Å². The molecule has 0 saturated carbocycles. The summed E-state index contributed by atoms with van der Waals surface area (Å²) in [5.74, 6) is 5.75. The van der Waals surface area contributed by atoms with Crippen molar-refractivity contribution >= 4 is 10.0 Å². The summed E-state index contributed by atoms with van der Waals surface area (Å²) in [4.78, 5) is 2.05. The van der Waals surface area contributed by atoms with Crippen LogP contribution in [0.25, 0.3) is 0 Å². The van der Waals surface area contributed by atoms with Crippen LogP contribution in [-0.2, 0) is 10.0 Å². The maximum Gasteiger partial charge on any atom is 0.247 e. The summed E-state index contributed by atoms with van der Waals surface area (Å²) in [6, 6.07) is 10.0. The van der Waals surface area contributed by atoms with Crippen molar-refractivity contribution < 1.29 is 22.7 Å². The number of sulfonamides is 1. The van der Waals surface area contributed by atoms with E-state index in [-0.39, 0.29) is 41.6 Å². The number of benzene rings is 2. The summed E-state index contributed by atoms with van der Waals surface area (Å²) < 4.78 is 47.6. The summed E-state index contributed by atoms with van der Waals surface area (Å²) in [5.41, 5.74) is 1.23. The lowest BCUT2D eigenvalue weighted by atomic mass is 10.0. The number of likely N-dealkylation sites (N-methyl/N-ethyl adjacent to an activating group) is 1. The van der Waals surface area contributed by atoms with Gasteiger partial charge in [0.05, 0.1) is 6.61 Å². The molecule has 0 aliphatic carbocycles. The van der Waals surface area contributed by atoms with E-state index >= 15 is 0 Å². The smallest absolute Gasteiger partial charge is 0.247 e. The number of aliphatic hydroxyl groups is 1. The molecule has 32 heavy (non-hydrogen) atoms. The van der Waals surface area contributed by atoms with Crippen LogP contribution in [0.2, 0.25) is 0 Å². The fourth-order valence-corrected chi connectivity index (χ4v) is 5.38. The molecule has 1 N–H and O–H groups in total. The SMILES string of the molecule is C[C@@H]1CN([C@@H](C)CO)S(=O)(=O)c2ccc(C#Cc3ccc(F)cc3)cc2O[C@H]1CN(C)C. The van der Waals surface area contributed by atoms with Gasteiger partial charge in [-0.05, 0) is 63.5 Å². The Kier molecular flexibility index (Phi) is 7.57. The van der Waals surface area contributed by atoms with E-state index in [1.54, 1.807) is 31.2 Å². The summed E-state index contributed by atoms with van der Waals surface area (Å²) in [7, 11) is -0.0111. The summed E-state index contributed by atoms with van der Waals surface area (Å²) in [6.07, 6.45) is -0.257. The highest BCUT2D eigenvalue weighted by molar-refractivity contribution is 7.89. The molecule has 0 bridgehead atoms. The molecule has 3 rings (SSSR count). The fourth-order valence-electron chi connectivity index (χ4n) is 3.56. The summed E-state index contributed by atoms with van der Waals surface area (Å²) in [5, 5.41) is 9.68. The molecule has 0 unspecified atom stereocenters. The van der Waals surface area contributed by atoms with Crippen LogP contribution in [0.4, 0.5) is 4.39 Å². The molecule has 6 nitrogen and oxygen atoms in total. The van der Waals surface area contributed by atoms with Crippen LogP contribution in [0.1, 0.15) is 25.0 Å². The molecule has 8 heteroatoms. The van der Waals surface area contributed by atoms with Gasteiger partial charge in [-0.3, -0.25) is 0 Å². The molecular formula is C24H29FN2O4S. The summed E-state index contributed by atoms with van der Waals surface area (Å²) >= 11 is 0. The number of halogens is 1. The van der Waals surface area contributed by atoms with Gasteiger partial charge in [0, 0.05) is 36.2 Å². The number of ether oxygens (including phenoxy) is 1. The zero-order chi connectivity index (χ0) is 23.5. The third kappa shape index (κ3) is 5.48. The normalized spacial score (nSPS) is 21.5. The highest BCUT2D eigenvalue weighted by Gasteiger charge is 2.37. The van der Waals surface area contributed by atoms with Crippen LogP contribution in [0.5, 0.6) is 5.75 Å². The lowest BCUT2D eigenvalue weighted by molar-refractivity contribution is 0.0812. The van der Waals surface area contributed by atoms with Gasteiger partial charge in [0.15, 0.2) is 0 Å². The van der Waals surface area contributed by atoms with Crippen molar-refractivity contribution in [2.24, 2.45) is 5.92 Å². The average molecular weight is 461 g/mol. The number of fused-ring (bicyclic) bond motifs is 1. The molecule has 1 aliphatic heterocycles. The maximum absolute atomic E-state index is 13.4. The van der Waals surface area contributed by atoms with E-state index in [0.717, 1.165) is 0 Å². The van der Waals surface area contributed by atoms with Gasteiger partial charge in [-0.2, -0.15) is 4.31 Å². The Morgan fingerprint density at radius 2 is 1.81 bits per heavy atom. The Labute approximate surface area is 189 Å². The summed E-state index contributed by atoms with van der Waals surface area (Å²) in [6.45, 7) is 4.21. The lowest BCUT2D eigenvalue weighted by Gasteiger charge is -2.37. The number of nitrogens with zero attached hydrogens (tertiary/aromatic N) is 2. The third-order valence-corrected chi connectivity index (χ3v) is 7.43. The minimum Gasteiger partial charge on any atom is -0.487 e. The zero-order valence-electron chi connectivity index (χ0n) is 18.7. The highest BCUT2D eigenvalue weighted by Crippen LogP contribution is 2.34. The number of rotatable bonds is 4. The number of hydrogen-bond donors (Lipinski definition) is 1. The predicted octanol–water partition coefficient (Wildman–Crippen LogP) is 2.56. The number of aliphatic hydroxyl groups excluding tert-OH is 1. The molecule has 1 heterocycles. The van der Waals surface area contributed by atoms with E-state index in [1.165, 1.54) is 22.5 Å². The Hall–Kier alpha value is -2.44. The Balaban J connectivity index is 2.07. The van der Waals surface area contributed by atoms with Crippen molar-refractivity contribution in [2.45, 2.75) is 30.9 Å².